The van der Waals surface area contributed by atoms with Crippen LogP contribution in [0.4, 0.5) is 0 Å². The second-order valence-electron chi connectivity index (χ2n) is 6.77. The number of amides is 1. The van der Waals surface area contributed by atoms with Crippen molar-refractivity contribution < 1.29 is 9.90 Å². The number of carbonyl (C=O) groups is 1. The van der Waals surface area contributed by atoms with Crippen molar-refractivity contribution in [2.24, 2.45) is 5.41 Å². The summed E-state index contributed by atoms with van der Waals surface area (Å²) in [5.41, 5.74) is 0.406. The number of aliphatic hydroxyl groups excluding tert-OH is 1. The van der Waals surface area contributed by atoms with Gasteiger partial charge in [-0.1, -0.05) is 0 Å². The van der Waals surface area contributed by atoms with Crippen LogP contribution >= 0.6 is 11.3 Å². The SMILES string of the molecule is O=C1NCCC[C@]12CN(Cc1ccc(-c3ccn[nH]3)s1)CC[C@@H]2O. The van der Waals surface area contributed by atoms with Crippen LogP contribution < -0.4 is 5.32 Å². The Morgan fingerprint density at radius 3 is 3.12 bits per heavy atom. The summed E-state index contributed by atoms with van der Waals surface area (Å²) in [5.74, 6) is 0.0234. The Bertz CT molecular complexity index is 714. The molecule has 24 heavy (non-hydrogen) atoms. The lowest BCUT2D eigenvalue weighted by molar-refractivity contribution is -0.149. The van der Waals surface area contributed by atoms with Gasteiger partial charge in [0.1, 0.15) is 0 Å². The number of aliphatic hydroxyl groups is 1. The van der Waals surface area contributed by atoms with Crippen LogP contribution in [0.1, 0.15) is 24.1 Å². The summed E-state index contributed by atoms with van der Waals surface area (Å²) in [6.07, 6.45) is 3.61. The van der Waals surface area contributed by atoms with Gasteiger partial charge in [0.2, 0.25) is 5.91 Å². The maximum Gasteiger partial charge on any atom is 0.230 e. The van der Waals surface area contributed by atoms with Crippen LogP contribution in [0, 0.1) is 5.41 Å². The summed E-state index contributed by atoms with van der Waals surface area (Å²) in [4.78, 5) is 17.2. The standard InChI is InChI=1S/C17H22N4O2S/c22-15-5-9-21(11-17(15)6-1-7-18-16(17)23)10-12-2-3-14(24-12)13-4-8-19-20-13/h2-4,8,15,22H,1,5-7,9-11H2,(H,18,23)(H,19,20)/t15-,17+/m0/s1. The largest absolute Gasteiger partial charge is 0.392 e. The number of H-pyrrole nitrogens is 1. The van der Waals surface area contributed by atoms with E-state index >= 15 is 0 Å². The molecule has 2 saturated heterocycles. The van der Waals surface area contributed by atoms with Crippen molar-refractivity contribution in [1.82, 2.24) is 20.4 Å². The lowest BCUT2D eigenvalue weighted by Crippen LogP contribution is -2.61. The smallest absolute Gasteiger partial charge is 0.230 e. The number of carbonyl (C=O) groups excluding carboxylic acids is 1. The number of hydrogen-bond acceptors (Lipinski definition) is 5. The topological polar surface area (TPSA) is 81.2 Å². The van der Waals surface area contributed by atoms with E-state index in [9.17, 15) is 9.90 Å². The van der Waals surface area contributed by atoms with E-state index in [-0.39, 0.29) is 5.91 Å². The Labute approximate surface area is 144 Å². The molecule has 0 aliphatic carbocycles. The first-order chi connectivity index (χ1) is 11.7. The minimum absolute atomic E-state index is 0.0234. The van der Waals surface area contributed by atoms with E-state index in [0.29, 0.717) is 13.0 Å². The number of aromatic amines is 1. The maximum absolute atomic E-state index is 12.4. The van der Waals surface area contributed by atoms with Crippen LogP contribution in [-0.2, 0) is 11.3 Å². The van der Waals surface area contributed by atoms with Crippen molar-refractivity contribution in [3.63, 3.8) is 0 Å². The highest BCUT2D eigenvalue weighted by Gasteiger charge is 2.49. The lowest BCUT2D eigenvalue weighted by Gasteiger charge is -2.46. The highest BCUT2D eigenvalue weighted by Crippen LogP contribution is 2.38. The predicted molar refractivity (Wildman–Crippen MR) is 92.5 cm³/mol. The molecule has 7 heteroatoms. The van der Waals surface area contributed by atoms with Crippen LogP contribution in [-0.4, -0.2) is 51.8 Å². The molecule has 0 unspecified atom stereocenters. The minimum Gasteiger partial charge on any atom is -0.392 e. The summed E-state index contributed by atoms with van der Waals surface area (Å²) in [7, 11) is 0. The molecule has 3 N–H and O–H groups in total. The average Bonchev–Trinajstić information content (AvgIpc) is 3.25. The average molecular weight is 346 g/mol. The van der Waals surface area contributed by atoms with Crippen molar-refractivity contribution in [3.05, 3.63) is 29.3 Å². The third-order valence-electron chi connectivity index (χ3n) is 5.21. The third kappa shape index (κ3) is 2.76. The molecule has 2 aliphatic heterocycles. The van der Waals surface area contributed by atoms with Gasteiger partial charge in [-0.05, 0) is 37.5 Å². The molecular formula is C17H22N4O2S. The zero-order valence-electron chi connectivity index (χ0n) is 13.5. The normalized spacial score (nSPS) is 28.2. The summed E-state index contributed by atoms with van der Waals surface area (Å²) >= 11 is 1.74. The number of piperidine rings is 2. The molecule has 6 nitrogen and oxygen atoms in total. The summed E-state index contributed by atoms with van der Waals surface area (Å²) in [6, 6.07) is 6.21. The monoisotopic (exact) mass is 346 g/mol. The van der Waals surface area contributed by atoms with Gasteiger partial charge in [0.25, 0.3) is 0 Å². The van der Waals surface area contributed by atoms with E-state index in [1.165, 1.54) is 9.75 Å². The van der Waals surface area contributed by atoms with E-state index in [0.717, 1.165) is 38.2 Å². The van der Waals surface area contributed by atoms with Gasteiger partial charge in [0.15, 0.2) is 0 Å². The van der Waals surface area contributed by atoms with Crippen LogP contribution in [0.5, 0.6) is 0 Å². The van der Waals surface area contributed by atoms with Gasteiger partial charge in [-0.25, -0.2) is 0 Å². The van der Waals surface area contributed by atoms with Gasteiger partial charge in [0, 0.05) is 37.3 Å². The van der Waals surface area contributed by atoms with Gasteiger partial charge in [-0.15, -0.1) is 11.3 Å². The number of aromatic nitrogens is 2. The Morgan fingerprint density at radius 2 is 2.33 bits per heavy atom. The molecule has 2 aliphatic rings. The number of likely N-dealkylation sites (tertiary alicyclic amines) is 1. The van der Waals surface area contributed by atoms with Crippen molar-refractivity contribution in [1.29, 1.82) is 0 Å². The second kappa shape index (κ2) is 6.31. The van der Waals surface area contributed by atoms with Crippen LogP contribution in [0.3, 0.4) is 0 Å². The molecule has 0 aromatic carbocycles. The Kier molecular flexibility index (Phi) is 4.15. The van der Waals surface area contributed by atoms with Gasteiger partial charge in [-0.2, -0.15) is 5.10 Å². The highest BCUT2D eigenvalue weighted by atomic mass is 32.1. The number of nitrogens with zero attached hydrogens (tertiary/aromatic N) is 2. The Hall–Kier alpha value is -1.70. The molecule has 2 aromatic rings. The minimum atomic E-state index is -0.625. The molecule has 4 heterocycles. The fourth-order valence-electron chi connectivity index (χ4n) is 3.88. The first kappa shape index (κ1) is 15.8. The van der Waals surface area contributed by atoms with Crippen molar-refractivity contribution >= 4 is 17.2 Å². The number of nitrogens with one attached hydrogen (secondary N) is 2. The second-order valence-corrected chi connectivity index (χ2v) is 7.94. The van der Waals surface area contributed by atoms with Gasteiger partial charge < -0.3 is 10.4 Å². The lowest BCUT2D eigenvalue weighted by atomic mass is 9.71. The summed E-state index contributed by atoms with van der Waals surface area (Å²) in [5, 5.41) is 20.4. The Morgan fingerprint density at radius 1 is 1.42 bits per heavy atom. The van der Waals surface area contributed by atoms with E-state index < -0.39 is 11.5 Å². The maximum atomic E-state index is 12.4. The highest BCUT2D eigenvalue weighted by molar-refractivity contribution is 7.15. The summed E-state index contributed by atoms with van der Waals surface area (Å²) in [6.45, 7) is 3.01. The van der Waals surface area contributed by atoms with Crippen LogP contribution in [0.15, 0.2) is 24.4 Å². The third-order valence-corrected chi connectivity index (χ3v) is 6.31. The molecule has 2 aromatic heterocycles. The van der Waals surface area contributed by atoms with E-state index in [1.54, 1.807) is 17.5 Å². The molecule has 0 radical (unpaired) electrons. The molecular weight excluding hydrogens is 324 g/mol. The molecule has 0 saturated carbocycles. The van der Waals surface area contributed by atoms with E-state index in [4.69, 9.17) is 0 Å². The van der Waals surface area contributed by atoms with Crippen molar-refractivity contribution in [3.8, 4) is 10.6 Å². The molecule has 1 amide bonds. The Balaban J connectivity index is 1.48. The quantitative estimate of drug-likeness (QED) is 0.788. The molecule has 1 spiro atoms. The molecule has 4 rings (SSSR count). The van der Waals surface area contributed by atoms with E-state index in [1.807, 2.05) is 6.07 Å². The predicted octanol–water partition coefficient (Wildman–Crippen LogP) is 1.60. The van der Waals surface area contributed by atoms with Crippen molar-refractivity contribution in [2.75, 3.05) is 19.6 Å². The van der Waals surface area contributed by atoms with Gasteiger partial charge >= 0.3 is 0 Å². The van der Waals surface area contributed by atoms with Crippen LogP contribution in [0.2, 0.25) is 0 Å². The first-order valence-electron chi connectivity index (χ1n) is 8.44. The fraction of sp³-hybridized carbons (Fsp3) is 0.529. The molecule has 2 fully saturated rings. The zero-order chi connectivity index (χ0) is 16.6. The van der Waals surface area contributed by atoms with Crippen LogP contribution in [0.25, 0.3) is 10.6 Å². The number of hydrogen-bond donors (Lipinski definition) is 3. The molecule has 128 valence electrons. The first-order valence-corrected chi connectivity index (χ1v) is 9.26. The fourth-order valence-corrected chi connectivity index (χ4v) is 4.91. The molecule has 2 atom stereocenters. The number of thiophene rings is 1. The van der Waals surface area contributed by atoms with E-state index in [2.05, 4.69) is 32.5 Å². The zero-order valence-corrected chi connectivity index (χ0v) is 14.3. The van der Waals surface area contributed by atoms with Gasteiger partial charge in [-0.3, -0.25) is 14.8 Å². The molecule has 0 bridgehead atoms. The number of rotatable bonds is 3. The van der Waals surface area contributed by atoms with Gasteiger partial charge in [0.05, 0.1) is 22.1 Å². The summed E-state index contributed by atoms with van der Waals surface area (Å²) < 4.78 is 0. The van der Waals surface area contributed by atoms with Crippen molar-refractivity contribution in [2.45, 2.75) is 31.9 Å².